The topological polar surface area (TPSA) is 95.6 Å². The van der Waals surface area contributed by atoms with Crippen LogP contribution in [0.5, 0.6) is 0 Å². The lowest BCUT2D eigenvalue weighted by Gasteiger charge is -2.31. The Bertz CT molecular complexity index is 745. The van der Waals surface area contributed by atoms with Gasteiger partial charge in [-0.05, 0) is 37.6 Å². The number of sulfonamides is 2. The van der Waals surface area contributed by atoms with Gasteiger partial charge in [-0.2, -0.15) is 4.31 Å². The molecule has 136 valence electrons. The summed E-state index contributed by atoms with van der Waals surface area (Å²) in [5, 5.41) is 3.20. The standard InChI is InChI=1S/C15H25N3O4S2/c1-3-4-11-23(19,20)17-14-5-7-15(8-6-14)24(21,22)18-10-9-16-13(2)12-18/h5-8,13,16-17H,3-4,9-12H2,1-2H3. The van der Waals surface area contributed by atoms with Gasteiger partial charge in [0.15, 0.2) is 0 Å². The van der Waals surface area contributed by atoms with Crippen LogP contribution in [0.1, 0.15) is 26.7 Å². The third kappa shape index (κ3) is 4.92. The number of anilines is 1. The lowest BCUT2D eigenvalue weighted by atomic mass is 10.3. The van der Waals surface area contributed by atoms with Crippen molar-refractivity contribution in [1.82, 2.24) is 9.62 Å². The van der Waals surface area contributed by atoms with Crippen molar-refractivity contribution < 1.29 is 16.8 Å². The zero-order chi connectivity index (χ0) is 17.8. The second-order valence-electron chi connectivity index (χ2n) is 6.02. The van der Waals surface area contributed by atoms with Crippen LogP contribution in [0.3, 0.4) is 0 Å². The number of piperazine rings is 1. The maximum atomic E-state index is 12.6. The van der Waals surface area contributed by atoms with E-state index in [0.29, 0.717) is 31.7 Å². The van der Waals surface area contributed by atoms with E-state index in [-0.39, 0.29) is 16.7 Å². The van der Waals surface area contributed by atoms with Crippen LogP contribution in [-0.2, 0) is 20.0 Å². The number of hydrogen-bond acceptors (Lipinski definition) is 5. The van der Waals surface area contributed by atoms with Gasteiger partial charge in [-0.1, -0.05) is 13.3 Å². The van der Waals surface area contributed by atoms with Gasteiger partial charge in [-0.3, -0.25) is 4.72 Å². The number of nitrogens with one attached hydrogen (secondary N) is 2. The largest absolute Gasteiger partial charge is 0.312 e. The number of hydrogen-bond donors (Lipinski definition) is 2. The fraction of sp³-hybridized carbons (Fsp3) is 0.600. The van der Waals surface area contributed by atoms with Crippen LogP contribution in [-0.4, -0.2) is 52.6 Å². The number of benzene rings is 1. The Morgan fingerprint density at radius 2 is 1.88 bits per heavy atom. The minimum absolute atomic E-state index is 0.0578. The van der Waals surface area contributed by atoms with Crippen LogP contribution in [0.15, 0.2) is 29.2 Å². The second-order valence-corrected chi connectivity index (χ2v) is 9.80. The predicted octanol–water partition coefficient (Wildman–Crippen LogP) is 1.21. The van der Waals surface area contributed by atoms with Crippen molar-refractivity contribution in [1.29, 1.82) is 0 Å². The lowest BCUT2D eigenvalue weighted by molar-refractivity contribution is 0.310. The van der Waals surface area contributed by atoms with Crippen LogP contribution in [0, 0.1) is 0 Å². The van der Waals surface area contributed by atoms with E-state index in [9.17, 15) is 16.8 Å². The lowest BCUT2D eigenvalue weighted by Crippen LogP contribution is -2.51. The maximum Gasteiger partial charge on any atom is 0.243 e. The van der Waals surface area contributed by atoms with E-state index in [2.05, 4.69) is 10.0 Å². The highest BCUT2D eigenvalue weighted by atomic mass is 32.2. The van der Waals surface area contributed by atoms with Crippen LogP contribution < -0.4 is 10.0 Å². The third-order valence-corrected chi connectivity index (χ3v) is 7.12. The minimum atomic E-state index is -3.55. The molecule has 0 amide bonds. The fourth-order valence-electron chi connectivity index (χ4n) is 2.52. The highest BCUT2D eigenvalue weighted by molar-refractivity contribution is 7.92. The molecule has 7 nitrogen and oxygen atoms in total. The van der Waals surface area contributed by atoms with Gasteiger partial charge in [0.1, 0.15) is 0 Å². The number of rotatable bonds is 7. The Hall–Kier alpha value is -1.16. The summed E-state index contributed by atoms with van der Waals surface area (Å²) in [5.74, 6) is 0.0578. The van der Waals surface area contributed by atoms with Crippen molar-refractivity contribution in [3.8, 4) is 0 Å². The van der Waals surface area contributed by atoms with E-state index < -0.39 is 20.0 Å². The van der Waals surface area contributed by atoms with E-state index in [1.807, 2.05) is 13.8 Å². The van der Waals surface area contributed by atoms with Crippen molar-refractivity contribution >= 4 is 25.7 Å². The second kappa shape index (κ2) is 7.81. The third-order valence-electron chi connectivity index (χ3n) is 3.86. The first-order valence-corrected chi connectivity index (χ1v) is 11.2. The average molecular weight is 376 g/mol. The molecule has 1 heterocycles. The van der Waals surface area contributed by atoms with E-state index in [0.717, 1.165) is 6.42 Å². The Kier molecular flexibility index (Phi) is 6.24. The first kappa shape index (κ1) is 19.2. The van der Waals surface area contributed by atoms with Crippen molar-refractivity contribution in [2.24, 2.45) is 0 Å². The normalized spacial score (nSPS) is 20.0. The fourth-order valence-corrected chi connectivity index (χ4v) is 5.32. The number of unbranched alkanes of at least 4 members (excludes halogenated alkanes) is 1. The van der Waals surface area contributed by atoms with Gasteiger partial charge in [0, 0.05) is 31.4 Å². The summed E-state index contributed by atoms with van der Waals surface area (Å²) in [6.45, 7) is 5.34. The van der Waals surface area contributed by atoms with Crippen molar-refractivity contribution in [2.75, 3.05) is 30.1 Å². The van der Waals surface area contributed by atoms with E-state index >= 15 is 0 Å². The van der Waals surface area contributed by atoms with Gasteiger partial charge in [0.25, 0.3) is 0 Å². The van der Waals surface area contributed by atoms with Gasteiger partial charge in [0.2, 0.25) is 20.0 Å². The molecule has 1 unspecified atom stereocenters. The summed E-state index contributed by atoms with van der Waals surface area (Å²) in [4.78, 5) is 0.174. The van der Waals surface area contributed by atoms with Gasteiger partial charge in [0.05, 0.1) is 10.6 Å². The summed E-state index contributed by atoms with van der Waals surface area (Å²) in [7, 11) is -6.94. The average Bonchev–Trinajstić information content (AvgIpc) is 2.53. The van der Waals surface area contributed by atoms with E-state index in [1.54, 1.807) is 0 Å². The van der Waals surface area contributed by atoms with E-state index in [4.69, 9.17) is 0 Å². The van der Waals surface area contributed by atoms with Crippen LogP contribution >= 0.6 is 0 Å². The maximum absolute atomic E-state index is 12.6. The summed E-state index contributed by atoms with van der Waals surface area (Å²) in [6.07, 6.45) is 1.38. The van der Waals surface area contributed by atoms with Gasteiger partial charge >= 0.3 is 0 Å². The molecule has 0 aliphatic carbocycles. The summed E-state index contributed by atoms with van der Waals surface area (Å²) in [6, 6.07) is 5.97. The Morgan fingerprint density at radius 1 is 1.21 bits per heavy atom. The molecule has 1 fully saturated rings. The van der Waals surface area contributed by atoms with Crippen LogP contribution in [0.25, 0.3) is 0 Å². The Labute approximate surface area is 144 Å². The quantitative estimate of drug-likeness (QED) is 0.747. The van der Waals surface area contributed by atoms with Crippen molar-refractivity contribution in [2.45, 2.75) is 37.6 Å². The summed E-state index contributed by atoms with van der Waals surface area (Å²) < 4.78 is 52.9. The molecule has 0 bridgehead atoms. The molecule has 1 atom stereocenters. The molecule has 9 heteroatoms. The van der Waals surface area contributed by atoms with Gasteiger partial charge in [-0.25, -0.2) is 16.8 Å². The molecule has 0 aromatic heterocycles. The summed E-state index contributed by atoms with van der Waals surface area (Å²) in [5.41, 5.74) is 0.374. The molecule has 1 saturated heterocycles. The highest BCUT2D eigenvalue weighted by Gasteiger charge is 2.28. The minimum Gasteiger partial charge on any atom is -0.312 e. The molecule has 0 radical (unpaired) electrons. The van der Waals surface area contributed by atoms with Crippen molar-refractivity contribution in [3.63, 3.8) is 0 Å². The van der Waals surface area contributed by atoms with E-state index in [1.165, 1.54) is 28.6 Å². The molecule has 0 spiro atoms. The zero-order valence-corrected chi connectivity index (χ0v) is 15.7. The molecule has 24 heavy (non-hydrogen) atoms. The van der Waals surface area contributed by atoms with Gasteiger partial charge < -0.3 is 5.32 Å². The Morgan fingerprint density at radius 3 is 2.46 bits per heavy atom. The number of nitrogens with zero attached hydrogens (tertiary/aromatic N) is 1. The SMILES string of the molecule is CCCCS(=O)(=O)Nc1ccc(S(=O)(=O)N2CCNC(C)C2)cc1. The van der Waals surface area contributed by atoms with Crippen LogP contribution in [0.2, 0.25) is 0 Å². The molecule has 1 aliphatic rings. The highest BCUT2D eigenvalue weighted by Crippen LogP contribution is 2.20. The molecule has 2 N–H and O–H groups in total. The molecule has 2 rings (SSSR count). The summed E-state index contributed by atoms with van der Waals surface area (Å²) >= 11 is 0. The van der Waals surface area contributed by atoms with Gasteiger partial charge in [-0.15, -0.1) is 0 Å². The van der Waals surface area contributed by atoms with Crippen molar-refractivity contribution in [3.05, 3.63) is 24.3 Å². The van der Waals surface area contributed by atoms with Crippen LogP contribution in [0.4, 0.5) is 5.69 Å². The Balaban J connectivity index is 2.11. The molecule has 1 aromatic carbocycles. The molecule has 1 aromatic rings. The zero-order valence-electron chi connectivity index (χ0n) is 14.0. The molecule has 1 aliphatic heterocycles. The smallest absolute Gasteiger partial charge is 0.243 e. The molecular formula is C15H25N3O4S2. The monoisotopic (exact) mass is 375 g/mol. The first-order chi connectivity index (χ1) is 11.2. The first-order valence-electron chi connectivity index (χ1n) is 8.08. The predicted molar refractivity (Wildman–Crippen MR) is 95.0 cm³/mol. The molecule has 0 saturated carbocycles. The molecular weight excluding hydrogens is 350 g/mol.